The number of fused-ring (bicyclic) bond motifs is 4. The van der Waals surface area contributed by atoms with Gasteiger partial charge in [0.1, 0.15) is 11.9 Å². The number of rotatable bonds is 4. The van der Waals surface area contributed by atoms with Crippen molar-refractivity contribution in [3.63, 3.8) is 0 Å². The Labute approximate surface area is 230 Å². The molecule has 2 N–H and O–H groups in total. The highest BCUT2D eigenvalue weighted by atomic mass is 16.6. The number of carbonyl (C=O) groups excluding carboxylic acids is 1. The van der Waals surface area contributed by atoms with Gasteiger partial charge in [0.2, 0.25) is 0 Å². The lowest BCUT2D eigenvalue weighted by Crippen LogP contribution is -2.71. The van der Waals surface area contributed by atoms with Crippen LogP contribution in [0.3, 0.4) is 0 Å². The van der Waals surface area contributed by atoms with Crippen molar-refractivity contribution in [1.82, 2.24) is 0 Å². The number of hydrogen-bond acceptors (Lipinski definition) is 7. The molecule has 0 radical (unpaired) electrons. The van der Waals surface area contributed by atoms with E-state index >= 15 is 0 Å². The predicted octanol–water partition coefficient (Wildman–Crippen LogP) is 4.74. The SMILES string of the molecule is CC=C(C)C(=O)OC1CC(O)C2(C)C3C(OCC13C)C(O)C1(C)c3cc(OC)c(-c4ccoc4)c(C)c3CC12. The van der Waals surface area contributed by atoms with E-state index in [1.54, 1.807) is 32.6 Å². The van der Waals surface area contributed by atoms with Crippen LogP contribution in [0.5, 0.6) is 5.75 Å². The van der Waals surface area contributed by atoms with Crippen LogP contribution in [0.25, 0.3) is 11.1 Å². The third-order valence-electron chi connectivity index (χ3n) is 11.3. The number of furan rings is 1. The Bertz CT molecular complexity index is 1340. The summed E-state index contributed by atoms with van der Waals surface area (Å²) in [6.45, 7) is 12.4. The summed E-state index contributed by atoms with van der Waals surface area (Å²) in [5.41, 5.74) is 4.06. The van der Waals surface area contributed by atoms with Gasteiger partial charge in [-0.1, -0.05) is 26.8 Å². The van der Waals surface area contributed by atoms with Gasteiger partial charge in [0, 0.05) is 45.3 Å². The van der Waals surface area contributed by atoms with E-state index in [0.717, 1.165) is 34.4 Å². The molecule has 6 rings (SSSR count). The van der Waals surface area contributed by atoms with Crippen LogP contribution in [0.2, 0.25) is 0 Å². The van der Waals surface area contributed by atoms with Crippen LogP contribution >= 0.6 is 0 Å². The molecule has 0 spiro atoms. The number of methoxy groups -OCH3 is 1. The van der Waals surface area contributed by atoms with Gasteiger partial charge in [-0.05, 0) is 61.9 Å². The zero-order valence-corrected chi connectivity index (χ0v) is 23.9. The van der Waals surface area contributed by atoms with Crippen molar-refractivity contribution >= 4 is 5.97 Å². The lowest BCUT2D eigenvalue weighted by atomic mass is 9.41. The minimum atomic E-state index is -0.800. The molecule has 1 aromatic heterocycles. The van der Waals surface area contributed by atoms with Gasteiger partial charge < -0.3 is 28.8 Å². The maximum Gasteiger partial charge on any atom is 0.333 e. The highest BCUT2D eigenvalue weighted by molar-refractivity contribution is 5.87. The smallest absolute Gasteiger partial charge is 0.333 e. The molecule has 9 unspecified atom stereocenters. The first-order valence-corrected chi connectivity index (χ1v) is 14.0. The molecular formula is C32H40O7. The van der Waals surface area contributed by atoms with Crippen molar-refractivity contribution in [1.29, 1.82) is 0 Å². The minimum Gasteiger partial charge on any atom is -0.496 e. The van der Waals surface area contributed by atoms with Crippen LogP contribution < -0.4 is 4.74 Å². The van der Waals surface area contributed by atoms with E-state index in [9.17, 15) is 15.0 Å². The Balaban J connectivity index is 1.48. The summed E-state index contributed by atoms with van der Waals surface area (Å²) in [6.07, 6.45) is 3.65. The summed E-state index contributed by atoms with van der Waals surface area (Å²) in [7, 11) is 1.67. The normalized spacial score (nSPS) is 40.6. The molecule has 2 saturated carbocycles. The van der Waals surface area contributed by atoms with Crippen LogP contribution in [0.4, 0.5) is 0 Å². The third-order valence-corrected chi connectivity index (χ3v) is 11.3. The third kappa shape index (κ3) is 3.24. The molecular weight excluding hydrogens is 496 g/mol. The molecule has 7 nitrogen and oxygen atoms in total. The molecule has 1 aromatic carbocycles. The average molecular weight is 537 g/mol. The maximum absolute atomic E-state index is 12.8. The molecule has 3 aliphatic carbocycles. The summed E-state index contributed by atoms with van der Waals surface area (Å²) in [4.78, 5) is 12.8. The fourth-order valence-electron chi connectivity index (χ4n) is 9.05. The summed E-state index contributed by atoms with van der Waals surface area (Å²) in [5.74, 6) is 0.133. The number of aliphatic hydroxyl groups is 2. The van der Waals surface area contributed by atoms with Crippen molar-refractivity contribution in [3.8, 4) is 16.9 Å². The number of aliphatic hydroxyl groups excluding tert-OH is 2. The Hall–Kier alpha value is -2.61. The number of ether oxygens (including phenoxy) is 3. The van der Waals surface area contributed by atoms with E-state index in [0.29, 0.717) is 18.6 Å². The Morgan fingerprint density at radius 3 is 2.62 bits per heavy atom. The zero-order chi connectivity index (χ0) is 28.1. The van der Waals surface area contributed by atoms with Crippen molar-refractivity contribution in [2.24, 2.45) is 22.7 Å². The van der Waals surface area contributed by atoms with E-state index in [2.05, 4.69) is 33.8 Å². The predicted molar refractivity (Wildman–Crippen MR) is 145 cm³/mol. The Morgan fingerprint density at radius 2 is 1.97 bits per heavy atom. The molecule has 7 heteroatoms. The van der Waals surface area contributed by atoms with E-state index in [-0.39, 0.29) is 17.8 Å². The molecule has 1 saturated heterocycles. The minimum absolute atomic E-state index is 0.0517. The average Bonchev–Trinajstić information content (AvgIpc) is 3.64. The lowest BCUT2D eigenvalue weighted by Gasteiger charge is -2.64. The number of hydrogen-bond donors (Lipinski definition) is 2. The topological polar surface area (TPSA) is 98.4 Å². The maximum atomic E-state index is 12.8. The number of carbonyl (C=O) groups is 1. The second-order valence-corrected chi connectivity index (χ2v) is 12.8. The monoisotopic (exact) mass is 536 g/mol. The van der Waals surface area contributed by atoms with Crippen molar-refractivity contribution in [3.05, 3.63) is 53.0 Å². The first-order chi connectivity index (χ1) is 18.4. The van der Waals surface area contributed by atoms with Crippen LogP contribution in [0.1, 0.15) is 57.7 Å². The van der Waals surface area contributed by atoms with Gasteiger partial charge in [-0.2, -0.15) is 0 Å². The molecule has 3 fully saturated rings. The van der Waals surface area contributed by atoms with Gasteiger partial charge in [-0.3, -0.25) is 0 Å². The quantitative estimate of drug-likeness (QED) is 0.430. The highest BCUT2D eigenvalue weighted by Crippen LogP contribution is 2.71. The molecule has 1 aliphatic heterocycles. The van der Waals surface area contributed by atoms with Gasteiger partial charge in [-0.25, -0.2) is 4.79 Å². The molecule has 0 amide bonds. The van der Waals surface area contributed by atoms with E-state index in [4.69, 9.17) is 18.6 Å². The second-order valence-electron chi connectivity index (χ2n) is 12.8. The zero-order valence-electron chi connectivity index (χ0n) is 23.9. The van der Waals surface area contributed by atoms with Gasteiger partial charge in [0.15, 0.2) is 0 Å². The van der Waals surface area contributed by atoms with Crippen LogP contribution in [-0.4, -0.2) is 54.3 Å². The number of allylic oxidation sites excluding steroid dienone is 1. The Morgan fingerprint density at radius 1 is 1.23 bits per heavy atom. The summed E-state index contributed by atoms with van der Waals surface area (Å²) in [6, 6.07) is 4.01. The number of esters is 1. The van der Waals surface area contributed by atoms with Crippen molar-refractivity contribution in [2.75, 3.05) is 13.7 Å². The molecule has 9 atom stereocenters. The van der Waals surface area contributed by atoms with E-state index in [1.807, 2.05) is 13.0 Å². The second kappa shape index (κ2) is 8.69. The largest absolute Gasteiger partial charge is 0.496 e. The van der Waals surface area contributed by atoms with Crippen LogP contribution in [0.15, 0.2) is 40.7 Å². The molecule has 2 aromatic rings. The first kappa shape index (κ1) is 26.6. The summed E-state index contributed by atoms with van der Waals surface area (Å²) < 4.78 is 23.8. The van der Waals surface area contributed by atoms with Crippen molar-refractivity contribution < 1.29 is 33.6 Å². The standard InChI is InChI=1S/C32H40O7/c1-8-16(2)29(35)39-24-13-23(33)32(6)22-11-19-17(3)25(18-9-10-37-14-18)21(36-7)12-20(19)31(22,5)28(34)26-27(32)30(24,4)15-38-26/h8-10,12,14,22-24,26-28,33-34H,11,13,15H2,1-7H3. The highest BCUT2D eigenvalue weighted by Gasteiger charge is 2.75. The van der Waals surface area contributed by atoms with Gasteiger partial charge in [-0.15, -0.1) is 0 Å². The fraction of sp³-hybridized carbons (Fsp3) is 0.594. The molecule has 2 heterocycles. The van der Waals surface area contributed by atoms with Gasteiger partial charge in [0.05, 0.1) is 44.6 Å². The van der Waals surface area contributed by atoms with Crippen LogP contribution in [-0.2, 0) is 26.1 Å². The van der Waals surface area contributed by atoms with Gasteiger partial charge in [0.25, 0.3) is 0 Å². The fourth-order valence-corrected chi connectivity index (χ4v) is 9.05. The molecule has 39 heavy (non-hydrogen) atoms. The van der Waals surface area contributed by atoms with E-state index < -0.39 is 40.7 Å². The number of benzene rings is 1. The summed E-state index contributed by atoms with van der Waals surface area (Å²) >= 11 is 0. The lowest BCUT2D eigenvalue weighted by molar-refractivity contribution is -0.235. The van der Waals surface area contributed by atoms with Crippen LogP contribution in [0, 0.1) is 29.6 Å². The van der Waals surface area contributed by atoms with E-state index in [1.165, 1.54) is 5.56 Å². The summed E-state index contributed by atoms with van der Waals surface area (Å²) in [5, 5.41) is 24.1. The molecule has 4 aliphatic rings. The Kier molecular flexibility index (Phi) is 5.93. The van der Waals surface area contributed by atoms with Gasteiger partial charge >= 0.3 is 5.97 Å². The molecule has 0 bridgehead atoms. The molecule has 210 valence electrons. The van der Waals surface area contributed by atoms with Crippen molar-refractivity contribution in [2.45, 2.75) is 84.2 Å². The first-order valence-electron chi connectivity index (χ1n) is 14.0.